The first kappa shape index (κ1) is 19.2. The van der Waals surface area contributed by atoms with Gasteiger partial charge < -0.3 is 19.7 Å². The van der Waals surface area contributed by atoms with Crippen LogP contribution in [0.25, 0.3) is 0 Å². The van der Waals surface area contributed by atoms with E-state index in [-0.39, 0.29) is 5.91 Å². The lowest BCUT2D eigenvalue weighted by Gasteiger charge is -2.11. The summed E-state index contributed by atoms with van der Waals surface area (Å²) >= 11 is 1.45. The molecule has 0 unspecified atom stereocenters. The predicted octanol–water partition coefficient (Wildman–Crippen LogP) is 3.18. The van der Waals surface area contributed by atoms with Crippen LogP contribution in [0.4, 0.5) is 5.13 Å². The van der Waals surface area contributed by atoms with Gasteiger partial charge >= 0.3 is 0 Å². The molecule has 0 spiro atoms. The van der Waals surface area contributed by atoms with Crippen LogP contribution >= 0.6 is 11.3 Å². The standard InChI is InChI=1S/C18H25N3O3S/c1-5-24-15-8-6-13(10-16(15)23-4)7-9-17(22)20-18-19-14(12-25-18)11-21(2)3/h6,8,10,12H,5,7,9,11H2,1-4H3,(H,19,20,22). The Bertz CT molecular complexity index is 701. The molecule has 0 aliphatic rings. The fourth-order valence-electron chi connectivity index (χ4n) is 2.34. The van der Waals surface area contributed by atoms with Crippen LogP contribution in [0.2, 0.25) is 0 Å². The molecule has 7 heteroatoms. The van der Waals surface area contributed by atoms with Gasteiger partial charge in [0.1, 0.15) is 0 Å². The highest BCUT2D eigenvalue weighted by atomic mass is 32.1. The van der Waals surface area contributed by atoms with Crippen molar-refractivity contribution in [2.45, 2.75) is 26.3 Å². The second kappa shape index (κ2) is 9.39. The van der Waals surface area contributed by atoms with Gasteiger partial charge in [-0.2, -0.15) is 0 Å². The van der Waals surface area contributed by atoms with Crippen LogP contribution in [-0.2, 0) is 17.8 Å². The highest BCUT2D eigenvalue weighted by Crippen LogP contribution is 2.28. The van der Waals surface area contributed by atoms with E-state index in [9.17, 15) is 4.79 Å². The highest BCUT2D eigenvalue weighted by molar-refractivity contribution is 7.13. The Kier molecular flexibility index (Phi) is 7.21. The molecule has 1 N–H and O–H groups in total. The van der Waals surface area contributed by atoms with Crippen molar-refractivity contribution in [3.63, 3.8) is 0 Å². The van der Waals surface area contributed by atoms with Crippen LogP contribution in [0.1, 0.15) is 24.6 Å². The van der Waals surface area contributed by atoms with Crippen LogP contribution in [0, 0.1) is 0 Å². The monoisotopic (exact) mass is 363 g/mol. The zero-order valence-corrected chi connectivity index (χ0v) is 16.0. The van der Waals surface area contributed by atoms with Crippen LogP contribution < -0.4 is 14.8 Å². The number of carbonyl (C=O) groups is 1. The van der Waals surface area contributed by atoms with Gasteiger partial charge in [-0.25, -0.2) is 4.98 Å². The number of aryl methyl sites for hydroxylation is 1. The van der Waals surface area contributed by atoms with E-state index >= 15 is 0 Å². The van der Waals surface area contributed by atoms with Gasteiger partial charge in [0.2, 0.25) is 5.91 Å². The molecule has 0 bridgehead atoms. The number of hydrogen-bond acceptors (Lipinski definition) is 6. The van der Waals surface area contributed by atoms with Gasteiger partial charge in [-0.1, -0.05) is 6.07 Å². The van der Waals surface area contributed by atoms with Gasteiger partial charge in [0.25, 0.3) is 0 Å². The van der Waals surface area contributed by atoms with Crippen molar-refractivity contribution in [2.24, 2.45) is 0 Å². The summed E-state index contributed by atoms with van der Waals surface area (Å²) < 4.78 is 10.8. The number of amides is 1. The van der Waals surface area contributed by atoms with Gasteiger partial charge in [0.05, 0.1) is 19.4 Å². The summed E-state index contributed by atoms with van der Waals surface area (Å²) in [4.78, 5) is 18.6. The van der Waals surface area contributed by atoms with Gasteiger partial charge in [0, 0.05) is 18.3 Å². The fourth-order valence-corrected chi connectivity index (χ4v) is 3.06. The molecule has 0 saturated heterocycles. The summed E-state index contributed by atoms with van der Waals surface area (Å²) in [5.41, 5.74) is 1.99. The molecule has 25 heavy (non-hydrogen) atoms. The molecule has 0 saturated carbocycles. The van der Waals surface area contributed by atoms with Crippen molar-refractivity contribution in [3.05, 3.63) is 34.8 Å². The van der Waals surface area contributed by atoms with Crippen molar-refractivity contribution in [1.29, 1.82) is 0 Å². The van der Waals surface area contributed by atoms with Gasteiger partial charge in [0.15, 0.2) is 16.6 Å². The van der Waals surface area contributed by atoms with Crippen LogP contribution in [0.3, 0.4) is 0 Å². The SMILES string of the molecule is CCOc1ccc(CCC(=O)Nc2nc(CN(C)C)cs2)cc1OC. The first-order chi connectivity index (χ1) is 12.0. The average Bonchev–Trinajstić information content (AvgIpc) is 3.00. The lowest BCUT2D eigenvalue weighted by atomic mass is 10.1. The summed E-state index contributed by atoms with van der Waals surface area (Å²) in [6.07, 6.45) is 1.02. The second-order valence-corrected chi connectivity index (χ2v) is 6.71. The summed E-state index contributed by atoms with van der Waals surface area (Å²) in [5.74, 6) is 1.36. The Morgan fingerprint density at radius 2 is 2.12 bits per heavy atom. The molecular formula is C18H25N3O3S. The minimum atomic E-state index is -0.0430. The molecule has 1 aromatic carbocycles. The predicted molar refractivity (Wildman–Crippen MR) is 101 cm³/mol. The number of nitrogens with one attached hydrogen (secondary N) is 1. The number of rotatable bonds is 9. The molecule has 0 aliphatic carbocycles. The van der Waals surface area contributed by atoms with Crippen molar-refractivity contribution in [1.82, 2.24) is 9.88 Å². The molecule has 0 fully saturated rings. The minimum absolute atomic E-state index is 0.0430. The number of ether oxygens (including phenoxy) is 2. The van der Waals surface area contributed by atoms with Crippen molar-refractivity contribution < 1.29 is 14.3 Å². The number of aromatic nitrogens is 1. The fraction of sp³-hybridized carbons (Fsp3) is 0.444. The molecule has 0 atom stereocenters. The first-order valence-corrected chi connectivity index (χ1v) is 9.08. The second-order valence-electron chi connectivity index (χ2n) is 5.85. The molecule has 0 aliphatic heterocycles. The van der Waals surface area contributed by atoms with E-state index in [1.165, 1.54) is 11.3 Å². The molecule has 1 amide bonds. The molecule has 2 rings (SSSR count). The van der Waals surface area contributed by atoms with Crippen molar-refractivity contribution in [2.75, 3.05) is 33.1 Å². The molecule has 1 aromatic heterocycles. The maximum atomic E-state index is 12.1. The zero-order chi connectivity index (χ0) is 18.2. The van der Waals surface area contributed by atoms with Gasteiger partial charge in [-0.15, -0.1) is 11.3 Å². The molecule has 6 nitrogen and oxygen atoms in total. The van der Waals surface area contributed by atoms with E-state index < -0.39 is 0 Å². The third-order valence-electron chi connectivity index (χ3n) is 3.44. The Balaban J connectivity index is 1.88. The number of benzene rings is 1. The Morgan fingerprint density at radius 1 is 1.32 bits per heavy atom. The number of anilines is 1. The number of nitrogens with zero attached hydrogens (tertiary/aromatic N) is 2. The molecule has 1 heterocycles. The summed E-state index contributed by atoms with van der Waals surface area (Å²) in [6, 6.07) is 5.75. The van der Waals surface area contributed by atoms with E-state index in [0.717, 1.165) is 23.6 Å². The van der Waals surface area contributed by atoms with Crippen molar-refractivity contribution in [3.8, 4) is 11.5 Å². The largest absolute Gasteiger partial charge is 0.493 e. The van der Waals surface area contributed by atoms with E-state index in [0.29, 0.717) is 30.3 Å². The smallest absolute Gasteiger partial charge is 0.226 e. The molecular weight excluding hydrogens is 338 g/mol. The number of thiazole rings is 1. The Hall–Kier alpha value is -2.12. The summed E-state index contributed by atoms with van der Waals surface area (Å²) in [7, 11) is 5.59. The lowest BCUT2D eigenvalue weighted by Crippen LogP contribution is -2.13. The molecule has 136 valence electrons. The normalized spacial score (nSPS) is 10.8. The first-order valence-electron chi connectivity index (χ1n) is 8.20. The highest BCUT2D eigenvalue weighted by Gasteiger charge is 2.10. The van der Waals surface area contributed by atoms with E-state index in [1.54, 1.807) is 7.11 Å². The van der Waals surface area contributed by atoms with E-state index in [1.807, 2.05) is 49.5 Å². The number of hydrogen-bond donors (Lipinski definition) is 1. The van der Waals surface area contributed by atoms with E-state index in [2.05, 4.69) is 10.3 Å². The van der Waals surface area contributed by atoms with Crippen molar-refractivity contribution >= 4 is 22.4 Å². The lowest BCUT2D eigenvalue weighted by molar-refractivity contribution is -0.116. The number of carbonyl (C=O) groups excluding carboxylic acids is 1. The van der Waals surface area contributed by atoms with Crippen LogP contribution in [0.15, 0.2) is 23.6 Å². The quantitative estimate of drug-likeness (QED) is 0.741. The summed E-state index contributed by atoms with van der Waals surface area (Å²) in [6.45, 7) is 3.28. The van der Waals surface area contributed by atoms with E-state index in [4.69, 9.17) is 9.47 Å². The maximum Gasteiger partial charge on any atom is 0.226 e. The molecule has 0 radical (unpaired) electrons. The van der Waals surface area contributed by atoms with Crippen LogP contribution in [0.5, 0.6) is 11.5 Å². The summed E-state index contributed by atoms with van der Waals surface area (Å²) in [5, 5.41) is 5.47. The molecule has 2 aromatic rings. The van der Waals surface area contributed by atoms with Gasteiger partial charge in [-0.05, 0) is 45.1 Å². The zero-order valence-electron chi connectivity index (χ0n) is 15.2. The minimum Gasteiger partial charge on any atom is -0.493 e. The number of methoxy groups -OCH3 is 1. The van der Waals surface area contributed by atoms with Crippen LogP contribution in [-0.4, -0.2) is 43.6 Å². The average molecular weight is 363 g/mol. The van der Waals surface area contributed by atoms with Gasteiger partial charge in [-0.3, -0.25) is 4.79 Å². The third-order valence-corrected chi connectivity index (χ3v) is 4.25. The Labute approximate surface area is 152 Å². The topological polar surface area (TPSA) is 63.7 Å². The third kappa shape index (κ3) is 6.03. The maximum absolute atomic E-state index is 12.1. The Morgan fingerprint density at radius 3 is 2.80 bits per heavy atom.